The number of methoxy groups -OCH3 is 1. The Labute approximate surface area is 209 Å². The van der Waals surface area contributed by atoms with Crippen LogP contribution in [0.5, 0.6) is 5.75 Å². The summed E-state index contributed by atoms with van der Waals surface area (Å²) in [5, 5.41) is 4.57. The molecule has 3 rings (SSSR count). The van der Waals surface area contributed by atoms with E-state index in [0.717, 1.165) is 53.2 Å². The van der Waals surface area contributed by atoms with Gasteiger partial charge in [0.1, 0.15) is 5.75 Å². The van der Waals surface area contributed by atoms with Crippen LogP contribution in [0.1, 0.15) is 67.5 Å². The molecule has 0 atom stereocenters. The number of esters is 1. The molecule has 0 spiro atoms. The zero-order valence-corrected chi connectivity index (χ0v) is 21.1. The maximum absolute atomic E-state index is 12.9. The van der Waals surface area contributed by atoms with Crippen LogP contribution in [-0.2, 0) is 35.0 Å². The monoisotopic (exact) mass is 503 g/mol. The first-order chi connectivity index (χ1) is 17.1. The maximum Gasteiger partial charge on any atom is 0.417 e. The van der Waals surface area contributed by atoms with Gasteiger partial charge in [-0.15, -0.1) is 0 Å². The van der Waals surface area contributed by atoms with Crippen molar-refractivity contribution in [3.63, 3.8) is 0 Å². The van der Waals surface area contributed by atoms with E-state index in [2.05, 4.69) is 23.9 Å². The predicted octanol–water partition coefficient (Wildman–Crippen LogP) is 6.09. The molecular weight excluding hydrogens is 471 g/mol. The van der Waals surface area contributed by atoms with Crippen molar-refractivity contribution in [1.82, 2.24) is 14.8 Å². The highest BCUT2D eigenvalue weighted by atomic mass is 19.4. The smallest absolute Gasteiger partial charge is 0.417 e. The van der Waals surface area contributed by atoms with E-state index in [1.54, 1.807) is 0 Å². The van der Waals surface area contributed by atoms with Gasteiger partial charge in [-0.1, -0.05) is 45.4 Å². The van der Waals surface area contributed by atoms with Gasteiger partial charge in [0.25, 0.3) is 0 Å². The van der Waals surface area contributed by atoms with E-state index in [-0.39, 0.29) is 18.3 Å². The number of nitrogens with zero attached hydrogens (tertiary/aromatic N) is 3. The molecule has 2 heterocycles. The summed E-state index contributed by atoms with van der Waals surface area (Å²) in [6, 6.07) is 8.13. The number of ether oxygens (including phenoxy) is 2. The Hall–Kier alpha value is -3.36. The highest BCUT2D eigenvalue weighted by Gasteiger charge is 2.30. The molecule has 0 unspecified atom stereocenters. The van der Waals surface area contributed by atoms with Crippen molar-refractivity contribution >= 4 is 5.97 Å². The Morgan fingerprint density at radius 1 is 1.11 bits per heavy atom. The summed E-state index contributed by atoms with van der Waals surface area (Å²) < 4.78 is 51.1. The Morgan fingerprint density at radius 2 is 1.89 bits per heavy atom. The minimum Gasteiger partial charge on any atom is -0.493 e. The number of alkyl halides is 3. The molecule has 0 N–H and O–H groups in total. The van der Waals surface area contributed by atoms with Crippen molar-refractivity contribution in [2.24, 2.45) is 0 Å². The fourth-order valence-electron chi connectivity index (χ4n) is 3.95. The molecule has 0 saturated carbocycles. The number of hydrogen-bond donors (Lipinski definition) is 0. The highest BCUT2D eigenvalue weighted by molar-refractivity contribution is 5.73. The average Bonchev–Trinajstić information content (AvgIpc) is 3.24. The molecule has 0 aliphatic carbocycles. The molecule has 194 valence electrons. The molecule has 6 nitrogen and oxygen atoms in total. The van der Waals surface area contributed by atoms with Gasteiger partial charge < -0.3 is 9.47 Å². The lowest BCUT2D eigenvalue weighted by molar-refractivity contribution is -0.140. The van der Waals surface area contributed by atoms with Gasteiger partial charge in [-0.2, -0.15) is 18.3 Å². The molecule has 0 aliphatic heterocycles. The van der Waals surface area contributed by atoms with Gasteiger partial charge in [-0.25, -0.2) is 9.67 Å². The molecule has 0 aliphatic rings. The second-order valence-corrected chi connectivity index (χ2v) is 8.89. The summed E-state index contributed by atoms with van der Waals surface area (Å²) in [5.41, 5.74) is 2.94. The lowest BCUT2D eigenvalue weighted by Crippen LogP contribution is -2.10. The third-order valence-electron chi connectivity index (χ3n) is 5.82. The Bertz CT molecular complexity index is 1160. The van der Waals surface area contributed by atoms with E-state index in [1.165, 1.54) is 17.9 Å². The van der Waals surface area contributed by atoms with E-state index in [9.17, 15) is 18.0 Å². The summed E-state index contributed by atoms with van der Waals surface area (Å²) in [6.07, 6.45) is 1.38. The fourth-order valence-corrected chi connectivity index (χ4v) is 3.95. The second-order valence-electron chi connectivity index (χ2n) is 8.89. The van der Waals surface area contributed by atoms with E-state index in [0.29, 0.717) is 25.3 Å². The van der Waals surface area contributed by atoms with Crippen LogP contribution in [-0.4, -0.2) is 34.5 Å². The average molecular weight is 504 g/mol. The SMILES string of the molecule is CCCc1nn(-c2ccc(C(F)(F)F)cn2)cc1CCCOc1c(CC(=O)OC)cccc1C(C)C. The normalized spacial score (nSPS) is 11.7. The number of carbonyl (C=O) groups is 1. The van der Waals surface area contributed by atoms with E-state index < -0.39 is 11.7 Å². The Kier molecular flexibility index (Phi) is 9.12. The standard InChI is InChI=1S/C27H32F3N3O3/c1-5-8-23-20(17-33(32-23)24-13-12-21(16-31-24)27(28,29)30)10-7-14-36-26-19(15-25(34)35-4)9-6-11-22(26)18(2)3/h6,9,11-13,16-18H,5,7-8,10,14-15H2,1-4H3. The topological polar surface area (TPSA) is 66.2 Å². The lowest BCUT2D eigenvalue weighted by Gasteiger charge is -2.18. The predicted molar refractivity (Wildman–Crippen MR) is 130 cm³/mol. The first-order valence-electron chi connectivity index (χ1n) is 12.1. The summed E-state index contributed by atoms with van der Waals surface area (Å²) in [4.78, 5) is 15.8. The minimum atomic E-state index is -4.43. The molecule has 9 heteroatoms. The maximum atomic E-state index is 12.9. The van der Waals surface area contributed by atoms with Crippen molar-refractivity contribution in [2.45, 2.75) is 65.0 Å². The number of halogens is 3. The number of rotatable bonds is 11. The van der Waals surface area contributed by atoms with E-state index in [4.69, 9.17) is 9.47 Å². The van der Waals surface area contributed by atoms with Crippen molar-refractivity contribution in [3.8, 4) is 11.6 Å². The zero-order chi connectivity index (χ0) is 26.3. The number of hydrogen-bond acceptors (Lipinski definition) is 5. The molecule has 0 fully saturated rings. The molecule has 0 bridgehead atoms. The second kappa shape index (κ2) is 12.1. The minimum absolute atomic E-state index is 0.139. The Balaban J connectivity index is 1.72. The largest absolute Gasteiger partial charge is 0.493 e. The van der Waals surface area contributed by atoms with Crippen LogP contribution in [0.3, 0.4) is 0 Å². The number of para-hydroxylation sites is 1. The van der Waals surface area contributed by atoms with Crippen LogP contribution < -0.4 is 4.74 Å². The van der Waals surface area contributed by atoms with Crippen LogP contribution >= 0.6 is 0 Å². The first kappa shape index (κ1) is 27.2. The quantitative estimate of drug-likeness (QED) is 0.234. The van der Waals surface area contributed by atoms with Gasteiger partial charge in [0, 0.05) is 18.0 Å². The molecule has 1 aromatic carbocycles. The molecule has 0 amide bonds. The molecule has 36 heavy (non-hydrogen) atoms. The van der Waals surface area contributed by atoms with E-state index >= 15 is 0 Å². The van der Waals surface area contributed by atoms with Crippen LogP contribution in [0.25, 0.3) is 5.82 Å². The van der Waals surface area contributed by atoms with Crippen LogP contribution in [0.2, 0.25) is 0 Å². The summed E-state index contributed by atoms with van der Waals surface area (Å²) in [5.74, 6) is 0.954. The zero-order valence-electron chi connectivity index (χ0n) is 21.1. The van der Waals surface area contributed by atoms with Crippen LogP contribution in [0.4, 0.5) is 13.2 Å². The van der Waals surface area contributed by atoms with Crippen molar-refractivity contribution < 1.29 is 27.4 Å². The summed E-state index contributed by atoms with van der Waals surface area (Å²) >= 11 is 0. The molecular formula is C27H32F3N3O3. The summed E-state index contributed by atoms with van der Waals surface area (Å²) in [6.45, 7) is 6.64. The van der Waals surface area contributed by atoms with Gasteiger partial charge in [0.05, 0.1) is 31.4 Å². The van der Waals surface area contributed by atoms with Gasteiger partial charge >= 0.3 is 12.1 Å². The van der Waals surface area contributed by atoms with Crippen molar-refractivity contribution in [1.29, 1.82) is 0 Å². The van der Waals surface area contributed by atoms with Crippen molar-refractivity contribution in [2.75, 3.05) is 13.7 Å². The molecule has 0 saturated heterocycles. The summed E-state index contributed by atoms with van der Waals surface area (Å²) in [7, 11) is 1.36. The Morgan fingerprint density at radius 3 is 2.50 bits per heavy atom. The van der Waals surface area contributed by atoms with E-state index in [1.807, 2.05) is 31.3 Å². The number of pyridine rings is 1. The molecule has 2 aromatic heterocycles. The lowest BCUT2D eigenvalue weighted by atomic mass is 9.97. The first-order valence-corrected chi connectivity index (χ1v) is 12.1. The van der Waals surface area contributed by atoms with Gasteiger partial charge in [-0.3, -0.25) is 4.79 Å². The molecule has 3 aromatic rings. The van der Waals surface area contributed by atoms with Gasteiger partial charge in [0.15, 0.2) is 5.82 Å². The highest BCUT2D eigenvalue weighted by Crippen LogP contribution is 2.31. The van der Waals surface area contributed by atoms with Gasteiger partial charge in [-0.05, 0) is 48.4 Å². The van der Waals surface area contributed by atoms with Crippen LogP contribution in [0, 0.1) is 0 Å². The van der Waals surface area contributed by atoms with Crippen LogP contribution in [0.15, 0.2) is 42.7 Å². The van der Waals surface area contributed by atoms with Gasteiger partial charge in [0.2, 0.25) is 0 Å². The number of aromatic nitrogens is 3. The van der Waals surface area contributed by atoms with Crippen molar-refractivity contribution in [3.05, 3.63) is 70.7 Å². The molecule has 0 radical (unpaired) electrons. The third-order valence-corrected chi connectivity index (χ3v) is 5.82. The third kappa shape index (κ3) is 6.86. The number of aryl methyl sites for hydroxylation is 2. The fraction of sp³-hybridized carbons (Fsp3) is 0.444. The number of carbonyl (C=O) groups excluding carboxylic acids is 1. The number of benzene rings is 1.